The van der Waals surface area contributed by atoms with Crippen LogP contribution < -0.4 is 0 Å². The average molecular weight is 158 g/mol. The summed E-state index contributed by atoms with van der Waals surface area (Å²) in [6, 6.07) is 10.7. The maximum Gasteiger partial charge on any atom is 0.00271 e. The zero-order valence-electron chi connectivity index (χ0n) is 7.46. The highest BCUT2D eigenvalue weighted by atomic mass is 14.3. The van der Waals surface area contributed by atoms with Crippen LogP contribution in [0.3, 0.4) is 0 Å². The molecule has 62 valence electrons. The normalized spacial score (nSPS) is 20.4. The lowest BCUT2D eigenvalue weighted by atomic mass is 10.1. The fourth-order valence-corrected chi connectivity index (χ4v) is 1.66. The number of hydrogen-bond acceptors (Lipinski definition) is 0. The van der Waals surface area contributed by atoms with Gasteiger partial charge in [-0.3, -0.25) is 0 Å². The minimum absolute atomic E-state index is 0.789. The molecular weight excluding hydrogens is 144 g/mol. The van der Waals surface area contributed by atoms with Gasteiger partial charge < -0.3 is 0 Å². The van der Waals surface area contributed by atoms with Crippen molar-refractivity contribution in [3.63, 3.8) is 0 Å². The van der Waals surface area contributed by atoms with Crippen LogP contribution in [0.2, 0.25) is 0 Å². The van der Waals surface area contributed by atoms with Gasteiger partial charge in [0.25, 0.3) is 0 Å². The van der Waals surface area contributed by atoms with E-state index in [9.17, 15) is 0 Å². The minimum atomic E-state index is 0.789. The maximum absolute atomic E-state index is 2.37. The van der Waals surface area contributed by atoms with Crippen LogP contribution in [0.15, 0.2) is 36.4 Å². The van der Waals surface area contributed by atoms with Crippen LogP contribution in [0, 0.1) is 5.92 Å². The largest absolute Gasteiger partial charge is 0.0726 e. The molecule has 0 N–H and O–H groups in total. The van der Waals surface area contributed by atoms with Gasteiger partial charge in [-0.25, -0.2) is 0 Å². The Labute approximate surface area is 73.9 Å². The quantitative estimate of drug-likeness (QED) is 0.631. The fourth-order valence-electron chi connectivity index (χ4n) is 1.66. The highest BCUT2D eigenvalue weighted by molar-refractivity contribution is 5.80. The predicted octanol–water partition coefficient (Wildman–Crippen LogP) is 3.50. The van der Waals surface area contributed by atoms with Gasteiger partial charge in [0.05, 0.1) is 0 Å². The summed E-state index contributed by atoms with van der Waals surface area (Å²) >= 11 is 0. The number of benzene rings is 1. The summed E-state index contributed by atoms with van der Waals surface area (Å²) < 4.78 is 0. The van der Waals surface area contributed by atoms with E-state index in [2.05, 4.69) is 43.3 Å². The van der Waals surface area contributed by atoms with Crippen LogP contribution in [0.25, 0.3) is 5.57 Å². The number of rotatable bonds is 3. The van der Waals surface area contributed by atoms with E-state index in [1.54, 1.807) is 5.57 Å². The molecule has 1 aliphatic carbocycles. The van der Waals surface area contributed by atoms with Gasteiger partial charge in [0, 0.05) is 5.92 Å². The van der Waals surface area contributed by atoms with Crippen LogP contribution in [-0.2, 0) is 0 Å². The van der Waals surface area contributed by atoms with Crippen molar-refractivity contribution < 1.29 is 0 Å². The van der Waals surface area contributed by atoms with Crippen molar-refractivity contribution in [1.29, 1.82) is 0 Å². The Morgan fingerprint density at radius 3 is 2.58 bits per heavy atom. The van der Waals surface area contributed by atoms with E-state index in [0.717, 1.165) is 5.92 Å². The van der Waals surface area contributed by atoms with Gasteiger partial charge >= 0.3 is 0 Å². The van der Waals surface area contributed by atoms with Crippen LogP contribution in [0.4, 0.5) is 0 Å². The van der Waals surface area contributed by atoms with Crippen LogP contribution >= 0.6 is 0 Å². The molecule has 0 saturated carbocycles. The molecule has 0 bridgehead atoms. The molecule has 0 aromatic heterocycles. The molecule has 1 aromatic carbocycles. The van der Waals surface area contributed by atoms with E-state index in [4.69, 9.17) is 0 Å². The Bertz CT molecular complexity index is 282. The van der Waals surface area contributed by atoms with E-state index in [1.165, 1.54) is 18.4 Å². The molecule has 0 fully saturated rings. The number of allylic oxidation sites excluding steroid dienone is 2. The van der Waals surface area contributed by atoms with Crippen LogP contribution in [0.1, 0.15) is 25.3 Å². The van der Waals surface area contributed by atoms with E-state index in [-0.39, 0.29) is 0 Å². The molecule has 1 unspecified atom stereocenters. The summed E-state index contributed by atoms with van der Waals surface area (Å²) in [5.74, 6) is 0.789. The molecule has 1 atom stereocenters. The van der Waals surface area contributed by atoms with E-state index in [1.807, 2.05) is 0 Å². The van der Waals surface area contributed by atoms with Gasteiger partial charge in [-0.1, -0.05) is 49.8 Å². The van der Waals surface area contributed by atoms with Crippen molar-refractivity contribution in [3.05, 3.63) is 42.0 Å². The first kappa shape index (κ1) is 7.60. The molecule has 0 heteroatoms. The lowest BCUT2D eigenvalue weighted by Crippen LogP contribution is -1.80. The monoisotopic (exact) mass is 158 g/mol. The first-order valence-electron chi connectivity index (χ1n) is 4.69. The molecular formula is C12H14. The Morgan fingerprint density at radius 2 is 1.92 bits per heavy atom. The molecule has 0 heterocycles. The second kappa shape index (κ2) is 3.14. The average Bonchev–Trinajstić information content (AvgIpc) is 2.87. The first-order chi connectivity index (χ1) is 5.92. The third kappa shape index (κ3) is 1.42. The Kier molecular flexibility index (Phi) is 1.99. The Balaban J connectivity index is 2.02. The second-order valence-corrected chi connectivity index (χ2v) is 3.38. The number of hydrogen-bond donors (Lipinski definition) is 0. The van der Waals surface area contributed by atoms with E-state index < -0.39 is 0 Å². The summed E-state index contributed by atoms with van der Waals surface area (Å²) in [7, 11) is 0. The fraction of sp³-hybridized carbons (Fsp3) is 0.333. The van der Waals surface area contributed by atoms with Crippen molar-refractivity contribution in [2.45, 2.75) is 19.8 Å². The molecule has 0 amide bonds. The zero-order valence-corrected chi connectivity index (χ0v) is 7.46. The maximum atomic E-state index is 2.37. The van der Waals surface area contributed by atoms with Gasteiger partial charge in [-0.15, -0.1) is 0 Å². The van der Waals surface area contributed by atoms with Gasteiger partial charge in [-0.05, 0) is 17.6 Å². The molecule has 0 radical (unpaired) electrons. The molecule has 0 saturated heterocycles. The lowest BCUT2D eigenvalue weighted by molar-refractivity contribution is 0.759. The molecule has 12 heavy (non-hydrogen) atoms. The van der Waals surface area contributed by atoms with Crippen molar-refractivity contribution in [1.82, 2.24) is 0 Å². The Morgan fingerprint density at radius 1 is 1.17 bits per heavy atom. The summed E-state index contributed by atoms with van der Waals surface area (Å²) in [4.78, 5) is 0. The minimum Gasteiger partial charge on any atom is -0.0726 e. The molecule has 2 rings (SSSR count). The third-order valence-electron chi connectivity index (χ3n) is 2.38. The predicted molar refractivity (Wildman–Crippen MR) is 52.8 cm³/mol. The molecule has 0 aliphatic heterocycles. The highest BCUT2D eigenvalue weighted by Crippen LogP contribution is 2.40. The van der Waals surface area contributed by atoms with Gasteiger partial charge in [0.1, 0.15) is 0 Å². The van der Waals surface area contributed by atoms with Gasteiger partial charge in [0.2, 0.25) is 0 Å². The lowest BCUT2D eigenvalue weighted by Gasteiger charge is -1.97. The van der Waals surface area contributed by atoms with Crippen molar-refractivity contribution >= 4 is 5.57 Å². The molecule has 1 aliphatic rings. The third-order valence-corrected chi connectivity index (χ3v) is 2.38. The van der Waals surface area contributed by atoms with Crippen molar-refractivity contribution in [3.8, 4) is 0 Å². The zero-order chi connectivity index (χ0) is 8.39. The van der Waals surface area contributed by atoms with Crippen LogP contribution in [0.5, 0.6) is 0 Å². The van der Waals surface area contributed by atoms with Gasteiger partial charge in [-0.2, -0.15) is 0 Å². The summed E-state index contributed by atoms with van der Waals surface area (Å²) in [6.45, 7) is 2.24. The van der Waals surface area contributed by atoms with E-state index >= 15 is 0 Å². The van der Waals surface area contributed by atoms with Crippen LogP contribution in [-0.4, -0.2) is 0 Å². The second-order valence-electron chi connectivity index (χ2n) is 3.38. The SMILES string of the molecule is CCCC1C=C1c1ccccc1. The van der Waals surface area contributed by atoms with Crippen molar-refractivity contribution in [2.75, 3.05) is 0 Å². The molecule has 0 spiro atoms. The van der Waals surface area contributed by atoms with Gasteiger partial charge in [0.15, 0.2) is 0 Å². The summed E-state index contributed by atoms with van der Waals surface area (Å²) in [5.41, 5.74) is 2.97. The molecule has 1 aromatic rings. The molecule has 0 nitrogen and oxygen atoms in total. The summed E-state index contributed by atoms with van der Waals surface area (Å²) in [5, 5.41) is 0. The first-order valence-corrected chi connectivity index (χ1v) is 4.69. The Hall–Kier alpha value is -1.04. The standard InChI is InChI=1S/C12H14/c1-2-6-11-9-12(11)10-7-4-3-5-8-10/h3-5,7-9,11H,2,6H2,1H3. The smallest absolute Gasteiger partial charge is 0.00271 e. The van der Waals surface area contributed by atoms with Crippen molar-refractivity contribution in [2.24, 2.45) is 5.92 Å². The summed E-state index contributed by atoms with van der Waals surface area (Å²) in [6.07, 6.45) is 4.99. The topological polar surface area (TPSA) is 0 Å². The highest BCUT2D eigenvalue weighted by Gasteiger charge is 2.23. The van der Waals surface area contributed by atoms with E-state index in [0.29, 0.717) is 0 Å².